The molecule has 1 aliphatic carbocycles. The van der Waals surface area contributed by atoms with Gasteiger partial charge in [-0.1, -0.05) is 90.2 Å². The average Bonchev–Trinajstić information content (AvgIpc) is 3.26. The first kappa shape index (κ1) is 32.7. The van der Waals surface area contributed by atoms with Crippen LogP contribution in [-0.4, -0.2) is 38.0 Å². The van der Waals surface area contributed by atoms with Crippen LogP contribution in [0.2, 0.25) is 0 Å². The summed E-state index contributed by atoms with van der Waals surface area (Å²) in [6.45, 7) is 12.1. The third-order valence-corrected chi connectivity index (χ3v) is 9.00. The lowest BCUT2D eigenvalue weighted by atomic mass is 9.75. The number of carbonyl (C=O) groups excluding carboxylic acids is 1. The predicted octanol–water partition coefficient (Wildman–Crippen LogP) is 6.29. The van der Waals surface area contributed by atoms with Crippen LogP contribution in [0.15, 0.2) is 6.20 Å². The summed E-state index contributed by atoms with van der Waals surface area (Å²) in [6, 6.07) is 0.0720. The van der Waals surface area contributed by atoms with E-state index in [1.807, 2.05) is 24.7 Å². The molecule has 5 atom stereocenters. The van der Waals surface area contributed by atoms with Crippen molar-refractivity contribution in [1.82, 2.24) is 20.3 Å². The molecule has 1 aromatic heterocycles. The summed E-state index contributed by atoms with van der Waals surface area (Å²) in [5.41, 5.74) is 12.8. The summed E-state index contributed by atoms with van der Waals surface area (Å²) in [7, 11) is 0. The average molecular weight is 533 g/mol. The van der Waals surface area contributed by atoms with Crippen LogP contribution >= 0.6 is 0 Å². The molecule has 1 saturated carbocycles. The maximum absolute atomic E-state index is 12.8. The van der Waals surface area contributed by atoms with Gasteiger partial charge in [0.25, 0.3) is 0 Å². The number of hydrogen-bond acceptors (Lipinski definition) is 5. The second kappa shape index (κ2) is 16.6. The summed E-state index contributed by atoms with van der Waals surface area (Å²) in [4.78, 5) is 12.8. The summed E-state index contributed by atoms with van der Waals surface area (Å²) in [6.07, 6.45) is 21.1. The third-order valence-electron chi connectivity index (χ3n) is 9.00. The Kier molecular flexibility index (Phi) is 14.3. The first-order valence-electron chi connectivity index (χ1n) is 15.8. The van der Waals surface area contributed by atoms with E-state index in [1.54, 1.807) is 0 Å². The van der Waals surface area contributed by atoms with E-state index in [0.717, 1.165) is 49.8 Å². The van der Waals surface area contributed by atoms with Gasteiger partial charge in [-0.25, -0.2) is 0 Å². The summed E-state index contributed by atoms with van der Waals surface area (Å²) < 4.78 is 1.93. The van der Waals surface area contributed by atoms with E-state index in [0.29, 0.717) is 19.3 Å². The normalized spacial score (nSPS) is 25.6. The van der Waals surface area contributed by atoms with E-state index >= 15 is 0 Å². The van der Waals surface area contributed by atoms with Crippen molar-refractivity contribution < 1.29 is 4.79 Å². The standard InChI is InChI=1S/C31H60N6O/c1-6-7-8-11-15-25(2)22-26(3)16-12-9-10-13-21-37-24-28(35-36-37)18-19-29(38)34-31(5)23-27(32)17-14-20-30(31,4)33/h24-27H,6-23,32-33H2,1-5H3,(H,34,38)/t25-,26?,27?,30?,31?/m1/s1. The topological polar surface area (TPSA) is 112 Å². The number of amides is 1. The molecule has 1 aliphatic rings. The molecule has 4 unspecified atom stereocenters. The Morgan fingerprint density at radius 1 is 1.11 bits per heavy atom. The lowest BCUT2D eigenvalue weighted by molar-refractivity contribution is -0.123. The molecule has 1 fully saturated rings. The lowest BCUT2D eigenvalue weighted by Gasteiger charge is -2.44. The maximum atomic E-state index is 12.8. The van der Waals surface area contributed by atoms with Crippen LogP contribution in [0.5, 0.6) is 0 Å². The van der Waals surface area contributed by atoms with Crippen LogP contribution in [-0.2, 0) is 17.8 Å². The van der Waals surface area contributed by atoms with Gasteiger partial charge in [-0.2, -0.15) is 0 Å². The molecule has 2 rings (SSSR count). The van der Waals surface area contributed by atoms with Gasteiger partial charge in [-0.15, -0.1) is 5.10 Å². The smallest absolute Gasteiger partial charge is 0.220 e. The number of nitrogens with one attached hydrogen (secondary N) is 1. The number of nitrogens with zero attached hydrogens (tertiary/aromatic N) is 3. The Morgan fingerprint density at radius 2 is 1.76 bits per heavy atom. The highest BCUT2D eigenvalue weighted by molar-refractivity contribution is 5.77. The first-order valence-corrected chi connectivity index (χ1v) is 15.8. The molecule has 0 aliphatic heterocycles. The van der Waals surface area contributed by atoms with Gasteiger partial charge < -0.3 is 16.8 Å². The van der Waals surface area contributed by atoms with Crippen LogP contribution in [0.3, 0.4) is 0 Å². The van der Waals surface area contributed by atoms with Gasteiger partial charge in [-0.05, 0) is 57.8 Å². The molecule has 0 bridgehead atoms. The molecule has 38 heavy (non-hydrogen) atoms. The minimum Gasteiger partial charge on any atom is -0.349 e. The molecule has 0 radical (unpaired) electrons. The van der Waals surface area contributed by atoms with Crippen LogP contribution in [0.25, 0.3) is 0 Å². The van der Waals surface area contributed by atoms with E-state index in [4.69, 9.17) is 11.5 Å². The van der Waals surface area contributed by atoms with Crippen molar-refractivity contribution in [2.45, 2.75) is 167 Å². The lowest BCUT2D eigenvalue weighted by Crippen LogP contribution is -2.66. The Bertz CT molecular complexity index is 793. The molecule has 7 nitrogen and oxygen atoms in total. The summed E-state index contributed by atoms with van der Waals surface area (Å²) >= 11 is 0. The fourth-order valence-electron chi connectivity index (χ4n) is 6.20. The molecule has 0 aromatic carbocycles. The Hall–Kier alpha value is -1.47. The van der Waals surface area contributed by atoms with Crippen molar-refractivity contribution >= 4 is 5.91 Å². The number of nitrogens with two attached hydrogens (primary N) is 2. The van der Waals surface area contributed by atoms with Crippen molar-refractivity contribution in [1.29, 1.82) is 0 Å². The molecule has 1 amide bonds. The quantitative estimate of drug-likeness (QED) is 0.152. The van der Waals surface area contributed by atoms with Crippen LogP contribution in [0.4, 0.5) is 0 Å². The second-order valence-corrected chi connectivity index (χ2v) is 13.1. The largest absolute Gasteiger partial charge is 0.349 e. The molecular weight excluding hydrogens is 472 g/mol. The zero-order valence-corrected chi connectivity index (χ0v) is 25.4. The van der Waals surface area contributed by atoms with E-state index in [9.17, 15) is 4.79 Å². The van der Waals surface area contributed by atoms with Crippen LogP contribution in [0, 0.1) is 11.8 Å². The zero-order chi connectivity index (χ0) is 28.0. The summed E-state index contributed by atoms with van der Waals surface area (Å²) in [5, 5.41) is 11.8. The molecular formula is C31H60N6O. The van der Waals surface area contributed by atoms with Gasteiger partial charge in [-0.3, -0.25) is 9.48 Å². The van der Waals surface area contributed by atoms with E-state index in [2.05, 4.69) is 36.4 Å². The fraction of sp³-hybridized carbons (Fsp3) is 0.903. The van der Waals surface area contributed by atoms with Crippen molar-refractivity contribution in [2.24, 2.45) is 23.3 Å². The minimum atomic E-state index is -0.498. The van der Waals surface area contributed by atoms with Crippen molar-refractivity contribution in [3.63, 3.8) is 0 Å². The Balaban J connectivity index is 1.59. The van der Waals surface area contributed by atoms with Gasteiger partial charge in [0.1, 0.15) is 0 Å². The molecule has 0 spiro atoms. The highest BCUT2D eigenvalue weighted by atomic mass is 16.1. The summed E-state index contributed by atoms with van der Waals surface area (Å²) in [5.74, 6) is 1.72. The molecule has 1 aromatic rings. The Labute approximate surface area is 233 Å². The fourth-order valence-corrected chi connectivity index (χ4v) is 6.20. The SMILES string of the molecule is CCCCCC[C@@H](C)CC(C)CCCCCCn1cc(CCC(=O)NC2(C)CC(N)CCCC2(C)N)nn1. The predicted molar refractivity (Wildman–Crippen MR) is 159 cm³/mol. The number of carbonyl (C=O) groups is 1. The molecule has 220 valence electrons. The second-order valence-electron chi connectivity index (χ2n) is 13.1. The maximum Gasteiger partial charge on any atom is 0.220 e. The number of hydrogen-bond donors (Lipinski definition) is 3. The minimum absolute atomic E-state index is 0.00735. The third kappa shape index (κ3) is 11.7. The molecule has 0 saturated heterocycles. The van der Waals surface area contributed by atoms with Crippen molar-refractivity contribution in [3.05, 3.63) is 11.9 Å². The van der Waals surface area contributed by atoms with Crippen molar-refractivity contribution in [3.8, 4) is 0 Å². The van der Waals surface area contributed by atoms with E-state index < -0.39 is 11.1 Å². The molecule has 1 heterocycles. The van der Waals surface area contributed by atoms with Gasteiger partial charge in [0.15, 0.2) is 0 Å². The number of aryl methyl sites for hydroxylation is 2. The monoisotopic (exact) mass is 532 g/mol. The van der Waals surface area contributed by atoms with Crippen LogP contribution < -0.4 is 16.8 Å². The number of aromatic nitrogens is 3. The van der Waals surface area contributed by atoms with Gasteiger partial charge in [0.2, 0.25) is 5.91 Å². The van der Waals surface area contributed by atoms with E-state index in [-0.39, 0.29) is 11.9 Å². The number of unbranched alkanes of at least 4 members (excludes halogenated alkanes) is 6. The van der Waals surface area contributed by atoms with Crippen LogP contribution in [0.1, 0.15) is 143 Å². The van der Waals surface area contributed by atoms with E-state index in [1.165, 1.54) is 64.2 Å². The first-order chi connectivity index (χ1) is 18.0. The molecule has 7 heteroatoms. The molecule has 5 N–H and O–H groups in total. The van der Waals surface area contributed by atoms with Crippen molar-refractivity contribution in [2.75, 3.05) is 0 Å². The highest BCUT2D eigenvalue weighted by Crippen LogP contribution is 2.33. The zero-order valence-electron chi connectivity index (χ0n) is 25.4. The Morgan fingerprint density at radius 3 is 2.45 bits per heavy atom. The van der Waals surface area contributed by atoms with Gasteiger partial charge >= 0.3 is 0 Å². The van der Waals surface area contributed by atoms with Gasteiger partial charge in [0, 0.05) is 37.2 Å². The highest BCUT2D eigenvalue weighted by Gasteiger charge is 2.45. The van der Waals surface area contributed by atoms with Gasteiger partial charge in [0.05, 0.1) is 11.2 Å². The number of rotatable bonds is 18.